The van der Waals surface area contributed by atoms with Gasteiger partial charge in [0.2, 0.25) is 11.8 Å². The molecule has 1 heterocycles. The van der Waals surface area contributed by atoms with Crippen molar-refractivity contribution in [2.45, 2.75) is 25.1 Å². The number of amides is 2. The van der Waals surface area contributed by atoms with Crippen LogP contribution in [-0.4, -0.2) is 23.4 Å². The monoisotopic (exact) mass is 388 g/mol. The number of thioether (sulfide) groups is 1. The summed E-state index contributed by atoms with van der Waals surface area (Å²) in [4.78, 5) is 25.9. The fraction of sp³-hybridized carbons (Fsp3) is 0.300. The lowest BCUT2D eigenvalue weighted by atomic mass is 10.1. The Kier molecular flexibility index (Phi) is 6.22. The molecule has 2 aromatic carbocycles. The average molecular weight is 389 g/mol. The van der Waals surface area contributed by atoms with E-state index in [4.69, 9.17) is 11.6 Å². The lowest BCUT2D eigenvalue weighted by Gasteiger charge is -2.26. The highest BCUT2D eigenvalue weighted by molar-refractivity contribution is 8.00. The van der Waals surface area contributed by atoms with Gasteiger partial charge in [0.1, 0.15) is 11.3 Å². The fourth-order valence-electron chi connectivity index (χ4n) is 3.08. The van der Waals surface area contributed by atoms with Crippen LogP contribution < -0.4 is 10.2 Å². The van der Waals surface area contributed by atoms with Gasteiger partial charge in [0.05, 0.1) is 5.75 Å². The number of hydrogen-bond donors (Lipinski definition) is 1. The van der Waals surface area contributed by atoms with Crippen LogP contribution in [0, 0.1) is 0 Å². The molecule has 26 heavy (non-hydrogen) atoms. The summed E-state index contributed by atoms with van der Waals surface area (Å²) in [6.07, 6.45) is 1.98. The van der Waals surface area contributed by atoms with Gasteiger partial charge in [-0.25, -0.2) is 0 Å². The predicted octanol–water partition coefficient (Wildman–Crippen LogP) is 4.60. The minimum atomic E-state index is -0.236. The molecule has 0 radical (unpaired) electrons. The Balaban J connectivity index is 1.87. The van der Waals surface area contributed by atoms with E-state index in [0.29, 0.717) is 11.4 Å². The van der Waals surface area contributed by atoms with Gasteiger partial charge in [-0.05, 0) is 35.7 Å². The summed E-state index contributed by atoms with van der Waals surface area (Å²) in [5.41, 5.74) is 3.93. The molecule has 0 bridgehead atoms. The molecule has 1 unspecified atom stereocenters. The number of hydrogen-bond acceptors (Lipinski definition) is 3. The number of halogens is 1. The van der Waals surface area contributed by atoms with Crippen molar-refractivity contribution < 1.29 is 9.59 Å². The minimum absolute atomic E-state index is 0.0571. The number of benzene rings is 2. The van der Waals surface area contributed by atoms with Crippen molar-refractivity contribution in [2.24, 2.45) is 0 Å². The summed E-state index contributed by atoms with van der Waals surface area (Å²) in [5.74, 6) is 0.287. The molecule has 2 amide bonds. The molecule has 1 saturated heterocycles. The number of carbonyl (C=O) groups excluding carboxylic acids is 2. The van der Waals surface area contributed by atoms with E-state index < -0.39 is 0 Å². The summed E-state index contributed by atoms with van der Waals surface area (Å²) in [6.45, 7) is 2.14. The molecule has 4 nitrogen and oxygen atoms in total. The van der Waals surface area contributed by atoms with Crippen LogP contribution in [0.1, 0.15) is 29.8 Å². The lowest BCUT2D eigenvalue weighted by molar-refractivity contribution is -0.116. The zero-order valence-corrected chi connectivity index (χ0v) is 16.1. The van der Waals surface area contributed by atoms with Crippen LogP contribution in [0.5, 0.6) is 0 Å². The highest BCUT2D eigenvalue weighted by Gasteiger charge is 2.34. The van der Waals surface area contributed by atoms with E-state index in [0.717, 1.165) is 24.1 Å². The SMILES string of the molecule is CCCc1ccccc1N1C(=O)CSC1c1ccc(NC(=O)CCl)cc1. The number of nitrogens with one attached hydrogen (secondary N) is 1. The maximum absolute atomic E-state index is 12.6. The molecule has 2 aromatic rings. The fourth-order valence-corrected chi connectivity index (χ4v) is 4.32. The van der Waals surface area contributed by atoms with Crippen LogP contribution in [0.2, 0.25) is 0 Å². The Morgan fingerprint density at radius 1 is 1.23 bits per heavy atom. The molecule has 0 saturated carbocycles. The van der Waals surface area contributed by atoms with Gasteiger partial charge in [-0.1, -0.05) is 43.7 Å². The topological polar surface area (TPSA) is 49.4 Å². The Morgan fingerprint density at radius 2 is 1.96 bits per heavy atom. The minimum Gasteiger partial charge on any atom is -0.325 e. The first-order valence-corrected chi connectivity index (χ1v) is 10.2. The summed E-state index contributed by atoms with van der Waals surface area (Å²) < 4.78 is 0. The Hall–Kier alpha value is -1.98. The number of para-hydroxylation sites is 1. The predicted molar refractivity (Wildman–Crippen MR) is 109 cm³/mol. The van der Waals surface area contributed by atoms with Gasteiger partial charge in [-0.3, -0.25) is 14.5 Å². The maximum atomic E-state index is 12.6. The van der Waals surface area contributed by atoms with Gasteiger partial charge in [-0.2, -0.15) is 0 Å². The third-order valence-electron chi connectivity index (χ3n) is 4.24. The van der Waals surface area contributed by atoms with Crippen molar-refractivity contribution in [1.29, 1.82) is 0 Å². The van der Waals surface area contributed by atoms with Crippen molar-refractivity contribution >= 4 is 46.6 Å². The normalized spacial score (nSPS) is 16.8. The third kappa shape index (κ3) is 4.05. The molecule has 136 valence electrons. The molecule has 6 heteroatoms. The van der Waals surface area contributed by atoms with E-state index in [1.54, 1.807) is 11.8 Å². The van der Waals surface area contributed by atoms with E-state index in [1.165, 1.54) is 5.56 Å². The van der Waals surface area contributed by atoms with Gasteiger partial charge < -0.3 is 5.32 Å². The largest absolute Gasteiger partial charge is 0.325 e. The van der Waals surface area contributed by atoms with Crippen molar-refractivity contribution in [2.75, 3.05) is 21.8 Å². The second kappa shape index (κ2) is 8.60. The molecular formula is C20H21ClN2O2S. The van der Waals surface area contributed by atoms with Crippen molar-refractivity contribution in [3.05, 3.63) is 59.7 Å². The molecule has 1 fully saturated rings. The second-order valence-corrected chi connectivity index (χ2v) is 7.45. The zero-order valence-electron chi connectivity index (χ0n) is 14.6. The number of rotatable bonds is 6. The van der Waals surface area contributed by atoms with Crippen LogP contribution in [0.4, 0.5) is 11.4 Å². The standard InChI is InChI=1S/C20H21ClN2O2S/c1-2-5-14-6-3-4-7-17(14)23-19(25)13-26-20(23)15-8-10-16(11-9-15)22-18(24)12-21/h3-4,6-11,20H,2,5,12-13H2,1H3,(H,22,24). The van der Waals surface area contributed by atoms with Crippen molar-refractivity contribution in [3.63, 3.8) is 0 Å². The number of anilines is 2. The summed E-state index contributed by atoms with van der Waals surface area (Å²) in [6, 6.07) is 15.7. The van der Waals surface area contributed by atoms with Gasteiger partial charge in [0, 0.05) is 11.4 Å². The summed E-state index contributed by atoms with van der Waals surface area (Å²) in [5, 5.41) is 2.67. The molecular weight excluding hydrogens is 368 g/mol. The zero-order chi connectivity index (χ0) is 18.5. The van der Waals surface area contributed by atoms with E-state index >= 15 is 0 Å². The van der Waals surface area contributed by atoms with Crippen molar-refractivity contribution in [3.8, 4) is 0 Å². The number of aryl methyl sites for hydroxylation is 1. The highest BCUT2D eigenvalue weighted by atomic mass is 35.5. The average Bonchev–Trinajstić information content (AvgIpc) is 3.04. The molecule has 0 spiro atoms. The number of nitrogens with zero attached hydrogens (tertiary/aromatic N) is 1. The van der Waals surface area contributed by atoms with E-state index in [9.17, 15) is 9.59 Å². The lowest BCUT2D eigenvalue weighted by Crippen LogP contribution is -2.28. The summed E-state index contributed by atoms with van der Waals surface area (Å²) in [7, 11) is 0. The second-order valence-electron chi connectivity index (χ2n) is 6.11. The first-order chi connectivity index (χ1) is 12.6. The quantitative estimate of drug-likeness (QED) is 0.736. The molecule has 3 rings (SSSR count). The van der Waals surface area contributed by atoms with Crippen LogP contribution >= 0.6 is 23.4 Å². The van der Waals surface area contributed by atoms with E-state index in [2.05, 4.69) is 18.3 Å². The first kappa shape index (κ1) is 18.8. The first-order valence-electron chi connectivity index (χ1n) is 8.61. The van der Waals surface area contributed by atoms with Crippen LogP contribution in [0.15, 0.2) is 48.5 Å². The van der Waals surface area contributed by atoms with Gasteiger partial charge in [0.25, 0.3) is 0 Å². The molecule has 1 aliphatic heterocycles. The van der Waals surface area contributed by atoms with Crippen molar-refractivity contribution in [1.82, 2.24) is 0 Å². The van der Waals surface area contributed by atoms with Gasteiger partial charge in [-0.15, -0.1) is 23.4 Å². The number of carbonyl (C=O) groups is 2. The molecule has 1 N–H and O–H groups in total. The number of alkyl halides is 1. The molecule has 1 aliphatic rings. The van der Waals surface area contributed by atoms with Crippen LogP contribution in [0.3, 0.4) is 0 Å². The third-order valence-corrected chi connectivity index (χ3v) is 5.69. The Bertz CT molecular complexity index is 795. The van der Waals surface area contributed by atoms with E-state index in [1.807, 2.05) is 47.4 Å². The molecule has 0 aliphatic carbocycles. The highest BCUT2D eigenvalue weighted by Crippen LogP contribution is 2.43. The molecule has 0 aromatic heterocycles. The Labute approximate surface area is 162 Å². The van der Waals surface area contributed by atoms with Crippen LogP contribution in [0.25, 0.3) is 0 Å². The van der Waals surface area contributed by atoms with Gasteiger partial charge in [0.15, 0.2) is 0 Å². The molecule has 1 atom stereocenters. The van der Waals surface area contributed by atoms with E-state index in [-0.39, 0.29) is 23.1 Å². The Morgan fingerprint density at radius 3 is 2.65 bits per heavy atom. The maximum Gasteiger partial charge on any atom is 0.239 e. The summed E-state index contributed by atoms with van der Waals surface area (Å²) >= 11 is 7.15. The van der Waals surface area contributed by atoms with Gasteiger partial charge >= 0.3 is 0 Å². The van der Waals surface area contributed by atoms with Crippen LogP contribution in [-0.2, 0) is 16.0 Å². The smallest absolute Gasteiger partial charge is 0.239 e.